The molecule has 0 N–H and O–H groups in total. The summed E-state index contributed by atoms with van der Waals surface area (Å²) in [6, 6.07) is 21.5. The van der Waals surface area contributed by atoms with Gasteiger partial charge in [-0.3, -0.25) is 0 Å². The first kappa shape index (κ1) is 9.62. The summed E-state index contributed by atoms with van der Waals surface area (Å²) in [5, 5.41) is 0. The second-order valence-corrected chi connectivity index (χ2v) is 5.97. The minimum absolute atomic E-state index is 0.671. The Morgan fingerprint density at radius 3 is 1.36 bits per heavy atom. The topological polar surface area (TPSA) is 0 Å². The van der Waals surface area contributed by atoms with Gasteiger partial charge in [0.15, 0.2) is 0 Å². The number of benzene rings is 2. The minimum atomic E-state index is 0.671. The van der Waals surface area contributed by atoms with E-state index in [1.807, 2.05) is 0 Å². The van der Waals surface area contributed by atoms with Crippen LogP contribution < -0.4 is 0 Å². The Labute approximate surface area is 94.9 Å². The molecule has 0 aliphatic heterocycles. The summed E-state index contributed by atoms with van der Waals surface area (Å²) in [5.41, 5.74) is 2.91. The zero-order valence-electron chi connectivity index (χ0n) is 8.35. The van der Waals surface area contributed by atoms with Crippen molar-refractivity contribution in [3.8, 4) is 0 Å². The molecule has 1 heteroatoms. The van der Waals surface area contributed by atoms with Crippen LogP contribution in [-0.2, 0) is 0 Å². The van der Waals surface area contributed by atoms with Crippen molar-refractivity contribution in [2.45, 2.75) is 4.47 Å². The van der Waals surface area contributed by atoms with Crippen molar-refractivity contribution in [2.75, 3.05) is 0 Å². The van der Waals surface area contributed by atoms with E-state index in [1.54, 1.807) is 0 Å². The molecule has 2 rings (SSSR count). The fourth-order valence-corrected chi connectivity index (χ4v) is 3.29. The Balaban J connectivity index is 2.30. The normalized spacial score (nSPS) is 10.4. The fourth-order valence-electron chi connectivity index (χ4n) is 1.68. The first-order valence-corrected chi connectivity index (χ1v) is 7.40. The summed E-state index contributed by atoms with van der Waals surface area (Å²) in [7, 11) is 0. The summed E-state index contributed by atoms with van der Waals surface area (Å²) in [5.74, 6) is 0. The summed E-state index contributed by atoms with van der Waals surface area (Å²) in [6.07, 6.45) is 0. The molecule has 0 aromatic heterocycles. The molecule has 2 aromatic rings. The third-order valence-electron chi connectivity index (χ3n) is 2.60. The number of hydrogen-bond donors (Lipinski definition) is 0. The average molecular weight is 239 g/mol. The Bertz CT molecular complexity index is 341. The van der Waals surface area contributed by atoms with Gasteiger partial charge in [0.05, 0.1) is 0 Å². The van der Waals surface area contributed by atoms with Crippen LogP contribution in [0.3, 0.4) is 0 Å². The van der Waals surface area contributed by atoms with Crippen molar-refractivity contribution in [1.29, 1.82) is 0 Å². The maximum atomic E-state index is 2.23. The molecule has 0 spiro atoms. The van der Waals surface area contributed by atoms with Crippen LogP contribution in [0.25, 0.3) is 0 Å². The number of rotatable bonds is 2. The molecule has 0 aliphatic carbocycles. The molecule has 0 atom stereocenters. The van der Waals surface area contributed by atoms with Gasteiger partial charge in [0.2, 0.25) is 0 Å². The SMILES string of the molecule is [GaH2][CH](c1ccccc1)c1ccccc1. The molecule has 14 heavy (non-hydrogen) atoms. The van der Waals surface area contributed by atoms with Gasteiger partial charge in [0.1, 0.15) is 0 Å². The van der Waals surface area contributed by atoms with Crippen LogP contribution in [0.1, 0.15) is 15.6 Å². The van der Waals surface area contributed by atoms with Crippen molar-refractivity contribution in [1.82, 2.24) is 0 Å². The molecule has 0 fully saturated rings. The molecule has 0 unspecified atom stereocenters. The van der Waals surface area contributed by atoms with Crippen LogP contribution >= 0.6 is 0 Å². The molecule has 0 bridgehead atoms. The van der Waals surface area contributed by atoms with E-state index in [1.165, 1.54) is 11.1 Å². The third-order valence-corrected chi connectivity index (χ3v) is 5.40. The van der Waals surface area contributed by atoms with Gasteiger partial charge in [-0.2, -0.15) is 0 Å². The molecule has 68 valence electrons. The Kier molecular flexibility index (Phi) is 3.12. The van der Waals surface area contributed by atoms with E-state index in [4.69, 9.17) is 0 Å². The molecular weight excluding hydrogens is 226 g/mol. The van der Waals surface area contributed by atoms with E-state index >= 15 is 0 Å². The molecule has 0 amide bonds. The predicted octanol–water partition coefficient (Wildman–Crippen LogP) is 2.41. The average Bonchev–Trinajstić information content (AvgIpc) is 2.30. The van der Waals surface area contributed by atoms with Gasteiger partial charge in [0.25, 0.3) is 0 Å². The summed E-state index contributed by atoms with van der Waals surface area (Å²) < 4.78 is 0.671. The van der Waals surface area contributed by atoms with Crippen LogP contribution in [0.2, 0.25) is 0 Å². The first-order chi connectivity index (χ1) is 6.88. The molecule has 0 nitrogen and oxygen atoms in total. The maximum absolute atomic E-state index is 2.23. The van der Waals surface area contributed by atoms with E-state index in [2.05, 4.69) is 60.7 Å². The van der Waals surface area contributed by atoms with Gasteiger partial charge in [-0.05, 0) is 0 Å². The molecule has 0 saturated carbocycles. The second-order valence-electron chi connectivity index (χ2n) is 3.54. The zero-order valence-corrected chi connectivity index (χ0v) is 12.5. The van der Waals surface area contributed by atoms with E-state index in [9.17, 15) is 0 Å². The van der Waals surface area contributed by atoms with Gasteiger partial charge in [-0.1, -0.05) is 0 Å². The first-order valence-electron chi connectivity index (χ1n) is 4.98. The van der Waals surface area contributed by atoms with Crippen LogP contribution in [0, 0.1) is 0 Å². The third kappa shape index (κ3) is 2.11. The monoisotopic (exact) mass is 238 g/mol. The van der Waals surface area contributed by atoms with Gasteiger partial charge >= 0.3 is 94.9 Å². The van der Waals surface area contributed by atoms with Crippen LogP contribution in [-0.4, -0.2) is 18.6 Å². The quantitative estimate of drug-likeness (QED) is 0.706. The molecule has 0 saturated heterocycles. The van der Waals surface area contributed by atoms with Gasteiger partial charge in [0, 0.05) is 0 Å². The molecular formula is C13H13Ga. The summed E-state index contributed by atoms with van der Waals surface area (Å²) in [6.45, 7) is 0. The van der Waals surface area contributed by atoms with Crippen molar-refractivity contribution in [2.24, 2.45) is 0 Å². The molecule has 2 aromatic carbocycles. The van der Waals surface area contributed by atoms with E-state index < -0.39 is 0 Å². The summed E-state index contributed by atoms with van der Waals surface area (Å²) >= 11 is 0.787. The number of hydrogen-bond acceptors (Lipinski definition) is 0. The Morgan fingerprint density at radius 1 is 0.643 bits per heavy atom. The van der Waals surface area contributed by atoms with E-state index in [-0.39, 0.29) is 0 Å². The zero-order chi connectivity index (χ0) is 9.80. The Hall–Kier alpha value is -0.924. The van der Waals surface area contributed by atoms with Crippen LogP contribution in [0.4, 0.5) is 0 Å². The molecule has 0 heterocycles. The second kappa shape index (κ2) is 4.53. The van der Waals surface area contributed by atoms with Crippen molar-refractivity contribution < 1.29 is 0 Å². The van der Waals surface area contributed by atoms with E-state index in [0.717, 1.165) is 18.6 Å². The van der Waals surface area contributed by atoms with Gasteiger partial charge < -0.3 is 0 Å². The standard InChI is InChI=1S/C13H11.Ga.2H/c1-3-7-12(8-4-1)11-13-9-5-2-6-10-13;;;/h1-11H;;;. The van der Waals surface area contributed by atoms with Crippen LogP contribution in [0.5, 0.6) is 0 Å². The molecule has 0 aliphatic rings. The van der Waals surface area contributed by atoms with Gasteiger partial charge in [-0.25, -0.2) is 0 Å². The Morgan fingerprint density at radius 2 is 1.00 bits per heavy atom. The molecule has 0 radical (unpaired) electrons. The van der Waals surface area contributed by atoms with Crippen molar-refractivity contribution in [3.05, 3.63) is 71.8 Å². The summed E-state index contributed by atoms with van der Waals surface area (Å²) in [4.78, 5) is 0. The van der Waals surface area contributed by atoms with Crippen molar-refractivity contribution >= 4 is 18.6 Å². The van der Waals surface area contributed by atoms with Crippen LogP contribution in [0.15, 0.2) is 60.7 Å². The fraction of sp³-hybridized carbons (Fsp3) is 0.0769. The van der Waals surface area contributed by atoms with Gasteiger partial charge in [-0.15, -0.1) is 0 Å². The van der Waals surface area contributed by atoms with Crippen molar-refractivity contribution in [3.63, 3.8) is 0 Å². The predicted molar refractivity (Wildman–Crippen MR) is 63.3 cm³/mol. The van der Waals surface area contributed by atoms with E-state index in [0.29, 0.717) is 4.47 Å².